The molecule has 0 N–H and O–H groups in total. The Balaban J connectivity index is 1.45. The van der Waals surface area contributed by atoms with E-state index < -0.39 is 0 Å². The Labute approximate surface area is 283 Å². The molecule has 0 bridgehead atoms. The molecule has 0 saturated carbocycles. The summed E-state index contributed by atoms with van der Waals surface area (Å²) in [5.41, 5.74) is 10.2. The highest BCUT2D eigenvalue weighted by atomic mass is 15.2. The lowest BCUT2D eigenvalue weighted by Crippen LogP contribution is -2.09. The molecular weight excluding hydrogens is 599 g/mol. The quantitative estimate of drug-likeness (QED) is 0.195. The van der Waals surface area contributed by atoms with Crippen molar-refractivity contribution in [3.63, 3.8) is 0 Å². The summed E-state index contributed by atoms with van der Waals surface area (Å²) in [4.78, 5) is 15.6. The zero-order valence-electron chi connectivity index (χ0n) is 27.0. The predicted octanol–water partition coefficient (Wildman–Crippen LogP) is 10.6. The zero-order valence-corrected chi connectivity index (χ0v) is 27.0. The van der Waals surface area contributed by atoms with Crippen LogP contribution in [0.4, 0.5) is 0 Å². The Bertz CT molecular complexity index is 2680. The second-order valence-electron chi connectivity index (χ2n) is 12.9. The van der Waals surface area contributed by atoms with E-state index in [9.17, 15) is 0 Å². The van der Waals surface area contributed by atoms with Crippen LogP contribution in [0, 0.1) is 5.92 Å². The molecule has 6 aromatic carbocycles. The molecule has 49 heavy (non-hydrogen) atoms. The molecule has 232 valence electrons. The topological polar surface area (TPSA) is 48.5 Å². The molecule has 1 atom stereocenters. The number of allylic oxidation sites excluding steroid dienone is 1. The van der Waals surface area contributed by atoms with E-state index in [2.05, 4.69) is 131 Å². The maximum absolute atomic E-state index is 5.28. The summed E-state index contributed by atoms with van der Waals surface area (Å²) in [7, 11) is 0. The molecular formula is C44H31N5. The zero-order chi connectivity index (χ0) is 32.5. The van der Waals surface area contributed by atoms with E-state index in [4.69, 9.17) is 15.0 Å². The van der Waals surface area contributed by atoms with Gasteiger partial charge in [-0.3, -0.25) is 4.57 Å². The summed E-state index contributed by atoms with van der Waals surface area (Å²) in [5, 5.41) is 4.96. The van der Waals surface area contributed by atoms with Gasteiger partial charge in [0.15, 0.2) is 11.6 Å². The fraction of sp³-hybridized carbons (Fsp3) is 0.0682. The lowest BCUT2D eigenvalue weighted by atomic mass is 9.85. The van der Waals surface area contributed by atoms with Crippen molar-refractivity contribution < 1.29 is 0 Å². The summed E-state index contributed by atoms with van der Waals surface area (Å²) >= 11 is 0. The normalized spacial score (nSPS) is 14.3. The lowest BCUT2D eigenvalue weighted by molar-refractivity contribution is 0.722. The van der Waals surface area contributed by atoms with Crippen LogP contribution in [0.25, 0.3) is 84.1 Å². The number of benzene rings is 6. The van der Waals surface area contributed by atoms with E-state index in [-0.39, 0.29) is 0 Å². The van der Waals surface area contributed by atoms with Gasteiger partial charge in [0, 0.05) is 38.4 Å². The molecule has 0 saturated heterocycles. The third-order valence-electron chi connectivity index (χ3n) is 9.89. The second-order valence-corrected chi connectivity index (χ2v) is 12.9. The predicted molar refractivity (Wildman–Crippen MR) is 201 cm³/mol. The maximum atomic E-state index is 5.28. The van der Waals surface area contributed by atoms with Crippen molar-refractivity contribution in [3.8, 4) is 34.4 Å². The summed E-state index contributed by atoms with van der Waals surface area (Å²) in [6, 6.07) is 48.7. The smallest absolute Gasteiger partial charge is 0.238 e. The average molecular weight is 630 g/mol. The summed E-state index contributed by atoms with van der Waals surface area (Å²) in [6.45, 7) is 2.31. The van der Waals surface area contributed by atoms with Crippen molar-refractivity contribution in [2.45, 2.75) is 13.3 Å². The molecule has 1 unspecified atom stereocenters. The van der Waals surface area contributed by atoms with Gasteiger partial charge in [-0.15, -0.1) is 0 Å². The third-order valence-corrected chi connectivity index (χ3v) is 9.89. The maximum Gasteiger partial charge on any atom is 0.238 e. The molecule has 0 spiro atoms. The van der Waals surface area contributed by atoms with Crippen LogP contribution in [-0.2, 0) is 6.42 Å². The standard InChI is InChI=1S/C44H31N5/c1-28-25-26-32-35(27-28)39-34-22-12-14-24-37(34)49(41(39)40-38(32)33-21-11-13-23-36(33)48(40)31-19-9-4-10-20-31)44-46-42(29-15-5-2-6-16-29)45-43(47-44)30-17-7-3-8-18-30/h2-26,28H,27H2,1H3. The Hall–Kier alpha value is -6.33. The fourth-order valence-electron chi connectivity index (χ4n) is 7.79. The number of hydrogen-bond acceptors (Lipinski definition) is 3. The van der Waals surface area contributed by atoms with Crippen molar-refractivity contribution in [2.24, 2.45) is 5.92 Å². The van der Waals surface area contributed by atoms with Gasteiger partial charge in [-0.2, -0.15) is 9.97 Å². The number of rotatable bonds is 4. The first kappa shape index (κ1) is 27.8. The van der Waals surface area contributed by atoms with Gasteiger partial charge in [0.2, 0.25) is 5.95 Å². The first-order chi connectivity index (χ1) is 24.2. The van der Waals surface area contributed by atoms with Crippen LogP contribution < -0.4 is 0 Å². The van der Waals surface area contributed by atoms with Crippen LogP contribution in [-0.4, -0.2) is 24.1 Å². The number of hydrogen-bond donors (Lipinski definition) is 0. The number of aromatic nitrogens is 5. The minimum Gasteiger partial charge on any atom is -0.307 e. The molecule has 0 amide bonds. The Morgan fingerprint density at radius 2 is 1.04 bits per heavy atom. The monoisotopic (exact) mass is 629 g/mol. The summed E-state index contributed by atoms with van der Waals surface area (Å²) < 4.78 is 4.74. The van der Waals surface area contributed by atoms with Gasteiger partial charge in [-0.05, 0) is 47.7 Å². The van der Waals surface area contributed by atoms with Crippen LogP contribution in [0.3, 0.4) is 0 Å². The van der Waals surface area contributed by atoms with Crippen molar-refractivity contribution in [1.82, 2.24) is 24.1 Å². The number of fused-ring (bicyclic) bond motifs is 10. The summed E-state index contributed by atoms with van der Waals surface area (Å²) in [6.07, 6.45) is 5.69. The highest BCUT2D eigenvalue weighted by Crippen LogP contribution is 2.47. The van der Waals surface area contributed by atoms with Crippen LogP contribution in [0.2, 0.25) is 0 Å². The number of para-hydroxylation sites is 3. The highest BCUT2D eigenvalue weighted by molar-refractivity contribution is 6.27. The lowest BCUT2D eigenvalue weighted by Gasteiger charge is -2.20. The molecule has 0 radical (unpaired) electrons. The molecule has 3 heterocycles. The molecule has 1 aliphatic rings. The van der Waals surface area contributed by atoms with Gasteiger partial charge >= 0.3 is 0 Å². The van der Waals surface area contributed by atoms with Crippen LogP contribution in [0.15, 0.2) is 146 Å². The Kier molecular flexibility index (Phi) is 6.15. The Morgan fingerprint density at radius 3 is 1.67 bits per heavy atom. The van der Waals surface area contributed by atoms with E-state index in [1.807, 2.05) is 36.4 Å². The highest BCUT2D eigenvalue weighted by Gasteiger charge is 2.29. The van der Waals surface area contributed by atoms with E-state index in [1.54, 1.807) is 0 Å². The van der Waals surface area contributed by atoms with Crippen molar-refractivity contribution >= 4 is 49.7 Å². The van der Waals surface area contributed by atoms with Gasteiger partial charge in [-0.1, -0.05) is 134 Å². The van der Waals surface area contributed by atoms with Gasteiger partial charge in [0.25, 0.3) is 0 Å². The van der Waals surface area contributed by atoms with Crippen molar-refractivity contribution in [1.29, 1.82) is 0 Å². The SMILES string of the molecule is CC1C=Cc2c(c3c4ccccc4n(-c4nc(-c5ccccc5)nc(-c5ccccc5)n4)c3c3c2c2ccccc2n3-c2ccccc2)C1. The van der Waals surface area contributed by atoms with E-state index >= 15 is 0 Å². The van der Waals surface area contributed by atoms with Crippen molar-refractivity contribution in [3.05, 3.63) is 157 Å². The molecule has 9 aromatic rings. The molecule has 1 aliphatic carbocycles. The first-order valence-electron chi connectivity index (χ1n) is 16.9. The molecule has 5 nitrogen and oxygen atoms in total. The van der Waals surface area contributed by atoms with E-state index in [0.29, 0.717) is 23.5 Å². The average Bonchev–Trinajstić information content (AvgIpc) is 3.70. The number of nitrogens with zero attached hydrogens (tertiary/aromatic N) is 5. The Morgan fingerprint density at radius 1 is 0.531 bits per heavy atom. The largest absolute Gasteiger partial charge is 0.307 e. The van der Waals surface area contributed by atoms with Gasteiger partial charge < -0.3 is 4.57 Å². The third kappa shape index (κ3) is 4.22. The van der Waals surface area contributed by atoms with Crippen LogP contribution in [0.1, 0.15) is 18.1 Å². The molecule has 0 fully saturated rings. The second kappa shape index (κ2) is 10.9. The molecule has 3 aromatic heterocycles. The van der Waals surface area contributed by atoms with Crippen LogP contribution in [0.5, 0.6) is 0 Å². The van der Waals surface area contributed by atoms with Gasteiger partial charge in [0.1, 0.15) is 0 Å². The van der Waals surface area contributed by atoms with Crippen molar-refractivity contribution in [2.75, 3.05) is 0 Å². The molecule has 0 aliphatic heterocycles. The van der Waals surface area contributed by atoms with Gasteiger partial charge in [0.05, 0.1) is 22.1 Å². The minimum atomic E-state index is 0.421. The molecule has 5 heteroatoms. The van der Waals surface area contributed by atoms with E-state index in [1.165, 1.54) is 38.2 Å². The fourth-order valence-corrected chi connectivity index (χ4v) is 7.79. The van der Waals surface area contributed by atoms with Gasteiger partial charge in [-0.25, -0.2) is 4.98 Å². The van der Waals surface area contributed by atoms with E-state index in [0.717, 1.165) is 39.8 Å². The molecule has 10 rings (SSSR count). The van der Waals surface area contributed by atoms with Crippen LogP contribution >= 0.6 is 0 Å². The minimum absolute atomic E-state index is 0.421. The first-order valence-corrected chi connectivity index (χ1v) is 16.9. The summed E-state index contributed by atoms with van der Waals surface area (Å²) in [5.74, 6) is 2.31.